The van der Waals surface area contributed by atoms with E-state index < -0.39 is 0 Å². The van der Waals surface area contributed by atoms with Gasteiger partial charge < -0.3 is 13.7 Å². The third-order valence-electron chi connectivity index (χ3n) is 21.5. The number of hydrogen-bond acceptors (Lipinski definition) is 6. The van der Waals surface area contributed by atoms with Crippen molar-refractivity contribution in [2.24, 2.45) is 0 Å². The van der Waals surface area contributed by atoms with Gasteiger partial charge in [0.15, 0.2) is 17.5 Å². The van der Waals surface area contributed by atoms with Crippen molar-refractivity contribution in [1.29, 1.82) is 0 Å². The van der Waals surface area contributed by atoms with Crippen LogP contribution in [0.5, 0.6) is 0 Å². The fraction of sp³-hybridized carbons (Fsp3) is 0. The minimum Gasteiger partial charge on any atom is -0.309 e. The van der Waals surface area contributed by atoms with Gasteiger partial charge in [-0.25, -0.2) is 29.9 Å². The highest BCUT2D eigenvalue weighted by Crippen LogP contribution is 2.43. The summed E-state index contributed by atoms with van der Waals surface area (Å²) < 4.78 is 7.19. The summed E-state index contributed by atoms with van der Waals surface area (Å²) in [4.78, 5) is 32.1. The molecule has 0 aliphatic rings. The Morgan fingerprint density at radius 3 is 0.766 bits per heavy atom. The molecule has 518 valence electrons. The highest BCUT2D eigenvalue weighted by Gasteiger charge is 2.23. The van der Waals surface area contributed by atoms with E-state index in [2.05, 4.69) is 341 Å². The Balaban J connectivity index is 0.693. The lowest BCUT2D eigenvalue weighted by Gasteiger charge is -2.16. The average molecular weight is 1420 g/mol. The van der Waals surface area contributed by atoms with E-state index in [1.165, 1.54) is 21.5 Å². The predicted octanol–water partition coefficient (Wildman–Crippen LogP) is 25.7. The van der Waals surface area contributed by atoms with Gasteiger partial charge in [-0.15, -0.1) is 0 Å². The molecule has 0 bridgehead atoms. The summed E-state index contributed by atoms with van der Waals surface area (Å²) in [7, 11) is 0. The van der Waals surface area contributed by atoms with E-state index in [1.807, 2.05) is 66.7 Å². The molecule has 0 saturated heterocycles. The SMILES string of the molecule is c1ccc(-c2cc(-c3cc(-c4ccc(-n5c6ccccc6c6ccccc65)cc4)cc(-c4cc(-c5ccc(-c6ccc7c(c6)c6ccccc6n7-c6cc(-c7cc(-c8ccccc8)nc(-c8ccccc8)n7)cc(-n7c8ccccc8c8ccccc87)c6)cc5)nc(-c5ccccc5)n4)c3)nc(-c3ccccc3)n2)cc1. The van der Waals surface area contributed by atoms with Crippen molar-refractivity contribution < 1.29 is 0 Å². The predicted molar refractivity (Wildman–Crippen MR) is 456 cm³/mol. The number of rotatable bonds is 14. The maximum atomic E-state index is 5.48. The van der Waals surface area contributed by atoms with Crippen LogP contribution in [0.15, 0.2) is 394 Å². The van der Waals surface area contributed by atoms with Crippen LogP contribution in [-0.4, -0.2) is 43.6 Å². The maximum Gasteiger partial charge on any atom is 0.160 e. The number of fused-ring (bicyclic) bond motifs is 9. The monoisotopic (exact) mass is 1420 g/mol. The van der Waals surface area contributed by atoms with E-state index in [9.17, 15) is 0 Å². The van der Waals surface area contributed by atoms with Gasteiger partial charge in [0.2, 0.25) is 0 Å². The number of nitrogens with zero attached hydrogens (tertiary/aromatic N) is 9. The molecular weight excluding hydrogens is 1350 g/mol. The first kappa shape index (κ1) is 64.3. The third-order valence-corrected chi connectivity index (χ3v) is 21.5. The largest absolute Gasteiger partial charge is 0.309 e. The molecule has 0 atom stereocenters. The number of benzene rings is 15. The molecule has 9 nitrogen and oxygen atoms in total. The second-order valence-electron chi connectivity index (χ2n) is 28.2. The van der Waals surface area contributed by atoms with Crippen LogP contribution in [-0.2, 0) is 0 Å². The molecule has 15 aromatic carbocycles. The maximum absolute atomic E-state index is 5.48. The third kappa shape index (κ3) is 11.7. The quantitative estimate of drug-likeness (QED) is 0.108. The lowest BCUT2D eigenvalue weighted by Crippen LogP contribution is -2.01. The Morgan fingerprint density at radius 1 is 0.135 bits per heavy atom. The van der Waals surface area contributed by atoms with Crippen LogP contribution in [0.3, 0.4) is 0 Å². The molecular formula is C102H65N9. The molecule has 0 fully saturated rings. The zero-order valence-electron chi connectivity index (χ0n) is 60.1. The second kappa shape index (κ2) is 27.1. The van der Waals surface area contributed by atoms with Gasteiger partial charge >= 0.3 is 0 Å². The molecule has 0 amide bonds. The molecule has 21 aromatic rings. The minimum absolute atomic E-state index is 0.620. The van der Waals surface area contributed by atoms with Gasteiger partial charge in [-0.1, -0.05) is 285 Å². The Morgan fingerprint density at radius 2 is 0.387 bits per heavy atom. The summed E-state index contributed by atoms with van der Waals surface area (Å²) in [5.74, 6) is 1.92. The van der Waals surface area contributed by atoms with Crippen LogP contribution < -0.4 is 0 Å². The normalized spacial score (nSPS) is 11.6. The van der Waals surface area contributed by atoms with Gasteiger partial charge in [-0.2, -0.15) is 0 Å². The van der Waals surface area contributed by atoms with Crippen LogP contribution in [0.4, 0.5) is 0 Å². The van der Waals surface area contributed by atoms with E-state index in [0.717, 1.165) is 167 Å². The topological polar surface area (TPSA) is 92.1 Å². The Bertz CT molecular complexity index is 6930. The zero-order chi connectivity index (χ0) is 73.3. The van der Waals surface area contributed by atoms with Gasteiger partial charge in [-0.3, -0.25) is 0 Å². The van der Waals surface area contributed by atoms with E-state index in [4.69, 9.17) is 29.9 Å². The first-order chi connectivity index (χ1) is 55.0. The fourth-order valence-corrected chi connectivity index (χ4v) is 16.2. The van der Waals surface area contributed by atoms with Crippen molar-refractivity contribution in [1.82, 2.24) is 43.6 Å². The fourth-order valence-electron chi connectivity index (χ4n) is 16.2. The smallest absolute Gasteiger partial charge is 0.160 e. The number of hydrogen-bond donors (Lipinski definition) is 0. The van der Waals surface area contributed by atoms with Crippen LogP contribution in [0.2, 0.25) is 0 Å². The Hall–Kier alpha value is -15.1. The molecule has 9 heteroatoms. The van der Waals surface area contributed by atoms with Crippen molar-refractivity contribution in [2.75, 3.05) is 0 Å². The minimum atomic E-state index is 0.620. The number of para-hydroxylation sites is 5. The molecule has 6 aromatic heterocycles. The van der Waals surface area contributed by atoms with Crippen LogP contribution in [0.25, 0.3) is 206 Å². The lowest BCUT2D eigenvalue weighted by atomic mass is 9.95. The second-order valence-corrected chi connectivity index (χ2v) is 28.2. The molecule has 21 rings (SSSR count). The van der Waals surface area contributed by atoms with Crippen LogP contribution in [0, 0.1) is 0 Å². The highest BCUT2D eigenvalue weighted by molar-refractivity contribution is 6.12. The van der Waals surface area contributed by atoms with E-state index in [-0.39, 0.29) is 0 Å². The molecule has 0 saturated carbocycles. The van der Waals surface area contributed by atoms with Gasteiger partial charge in [0.25, 0.3) is 0 Å². The van der Waals surface area contributed by atoms with Crippen molar-refractivity contribution >= 4 is 65.4 Å². The van der Waals surface area contributed by atoms with E-state index >= 15 is 0 Å². The van der Waals surface area contributed by atoms with Gasteiger partial charge in [0, 0.05) is 99.5 Å². The summed E-state index contributed by atoms with van der Waals surface area (Å²) in [5, 5.41) is 7.11. The Labute approximate surface area is 640 Å². The lowest BCUT2D eigenvalue weighted by molar-refractivity contribution is 1.13. The van der Waals surface area contributed by atoms with Crippen LogP contribution >= 0.6 is 0 Å². The molecule has 111 heavy (non-hydrogen) atoms. The molecule has 0 unspecified atom stereocenters. The first-order valence-electron chi connectivity index (χ1n) is 37.5. The highest BCUT2D eigenvalue weighted by atomic mass is 15.0. The zero-order valence-corrected chi connectivity index (χ0v) is 60.1. The summed E-state index contributed by atoms with van der Waals surface area (Å²) in [5.41, 5.74) is 27.5. The van der Waals surface area contributed by atoms with Crippen molar-refractivity contribution in [3.63, 3.8) is 0 Å². The molecule has 0 radical (unpaired) electrons. The Kier molecular flexibility index (Phi) is 15.7. The van der Waals surface area contributed by atoms with Gasteiger partial charge in [-0.05, 0) is 131 Å². The molecule has 0 spiro atoms. The first-order valence-corrected chi connectivity index (χ1v) is 37.5. The van der Waals surface area contributed by atoms with Crippen molar-refractivity contribution in [3.05, 3.63) is 394 Å². The molecule has 0 aliphatic heterocycles. The van der Waals surface area contributed by atoms with E-state index in [0.29, 0.717) is 17.5 Å². The summed E-state index contributed by atoms with van der Waals surface area (Å²) >= 11 is 0. The van der Waals surface area contributed by atoms with Crippen LogP contribution in [0.1, 0.15) is 0 Å². The van der Waals surface area contributed by atoms with E-state index in [1.54, 1.807) is 0 Å². The number of aromatic nitrogens is 9. The molecule has 0 aliphatic carbocycles. The standard InChI is InChI=1S/C102H65N9/c1-6-26-68(27-7-1)88-63-91(106-100(103-88)71-30-10-3-11-31-71)76-56-75(67-50-53-79(54-51-67)109-94-41-21-16-36-82(94)83-37-17-22-42-95(83)109)57-77(58-76)92-65-90(105-102(107-92)73-34-14-5-15-35-73)70-48-46-66(47-49-70)74-52-55-99-87(61-74)86-40-20-25-45-98(86)111(99)81-60-78(59-80(62-81)110-96-43-23-18-38-84(96)85-39-19-24-44-97(85)110)93-64-89(69-28-8-2-9-29-69)104-101(108-93)72-32-12-4-13-33-72/h1-65H. The molecule has 0 N–H and O–H groups in total. The summed E-state index contributed by atoms with van der Waals surface area (Å²) in [6.07, 6.45) is 0. The van der Waals surface area contributed by atoms with Crippen molar-refractivity contribution in [2.45, 2.75) is 0 Å². The van der Waals surface area contributed by atoms with Crippen molar-refractivity contribution in [3.8, 4) is 141 Å². The summed E-state index contributed by atoms with van der Waals surface area (Å²) in [6.45, 7) is 0. The van der Waals surface area contributed by atoms with Gasteiger partial charge in [0.1, 0.15) is 0 Å². The van der Waals surface area contributed by atoms with Gasteiger partial charge in [0.05, 0.1) is 67.3 Å². The summed E-state index contributed by atoms with van der Waals surface area (Å²) in [6, 6.07) is 140. The average Bonchev–Trinajstić information content (AvgIpc) is 1.60. The molecule has 6 heterocycles.